The number of carbonyl (C=O) groups excluding carboxylic acids is 1. The summed E-state index contributed by atoms with van der Waals surface area (Å²) in [5, 5.41) is 22.6. The largest absolute Gasteiger partial charge is 0.392 e. The SMILES string of the molecule is CC1(C)CCC2(C(=O)I)CCC3C(C(O)C=C4C3(C)CCC3C4(C)CCC(O)C3(C)I)C2C1. The summed E-state index contributed by atoms with van der Waals surface area (Å²) in [6.07, 6.45) is 10.9. The van der Waals surface area contributed by atoms with E-state index in [1.807, 2.05) is 0 Å². The van der Waals surface area contributed by atoms with Crippen molar-refractivity contribution in [2.75, 3.05) is 0 Å². The maximum atomic E-state index is 13.1. The molecule has 5 aliphatic carbocycles. The number of halogens is 2. The van der Waals surface area contributed by atoms with Crippen molar-refractivity contribution >= 4 is 49.0 Å². The van der Waals surface area contributed by atoms with Crippen LogP contribution in [0.2, 0.25) is 0 Å². The van der Waals surface area contributed by atoms with Crippen molar-refractivity contribution in [1.82, 2.24) is 0 Å². The van der Waals surface area contributed by atoms with E-state index in [1.165, 1.54) is 5.57 Å². The smallest absolute Gasteiger partial charge is 0.198 e. The lowest BCUT2D eigenvalue weighted by molar-refractivity contribution is -0.156. The molecule has 186 valence electrons. The van der Waals surface area contributed by atoms with E-state index in [9.17, 15) is 15.0 Å². The van der Waals surface area contributed by atoms with Crippen molar-refractivity contribution in [2.45, 2.75) is 108 Å². The Kier molecular flexibility index (Phi) is 6.09. The Morgan fingerprint density at radius 2 is 1.58 bits per heavy atom. The normalized spacial score (nSPS) is 55.4. The third-order valence-electron chi connectivity index (χ3n) is 11.7. The summed E-state index contributed by atoms with van der Waals surface area (Å²) in [4.78, 5) is 13.1. The minimum absolute atomic E-state index is 0.0353. The van der Waals surface area contributed by atoms with Gasteiger partial charge >= 0.3 is 0 Å². The van der Waals surface area contributed by atoms with Crippen LogP contribution in [0.3, 0.4) is 0 Å². The molecule has 0 aliphatic heterocycles. The predicted octanol–water partition coefficient (Wildman–Crippen LogP) is 6.86. The van der Waals surface area contributed by atoms with Crippen LogP contribution in [-0.4, -0.2) is 29.6 Å². The lowest BCUT2D eigenvalue weighted by atomic mass is 9.39. The van der Waals surface area contributed by atoms with Gasteiger partial charge < -0.3 is 10.2 Å². The molecule has 0 aromatic carbocycles. The first-order valence-corrected chi connectivity index (χ1v) is 15.3. The summed E-state index contributed by atoms with van der Waals surface area (Å²) in [7, 11) is 0. The second kappa shape index (κ2) is 7.89. The molecule has 0 aromatic rings. The Hall–Kier alpha value is 0.790. The minimum atomic E-state index is -0.463. The van der Waals surface area contributed by atoms with Gasteiger partial charge in [0.25, 0.3) is 0 Å². The summed E-state index contributed by atoms with van der Waals surface area (Å²) < 4.78 is 0.209. The van der Waals surface area contributed by atoms with Crippen LogP contribution in [0.25, 0.3) is 0 Å². The van der Waals surface area contributed by atoms with Gasteiger partial charge in [0.05, 0.1) is 12.2 Å². The van der Waals surface area contributed by atoms with Crippen LogP contribution in [0.4, 0.5) is 0 Å². The first kappa shape index (κ1) is 25.4. The number of allylic oxidation sites excluding steroid dienone is 1. The summed E-state index contributed by atoms with van der Waals surface area (Å²) in [6, 6.07) is 0. The van der Waals surface area contributed by atoms with Crippen LogP contribution in [-0.2, 0) is 4.79 Å². The van der Waals surface area contributed by atoms with E-state index in [-0.39, 0.29) is 43.0 Å². The van der Waals surface area contributed by atoms with E-state index in [1.54, 1.807) is 0 Å². The Bertz CT molecular complexity index is 880. The molecule has 4 saturated carbocycles. The van der Waals surface area contributed by atoms with Gasteiger partial charge in [-0.25, -0.2) is 0 Å². The van der Waals surface area contributed by atoms with Crippen molar-refractivity contribution in [3.63, 3.8) is 0 Å². The molecule has 10 atom stereocenters. The number of hydrogen-bond donors (Lipinski definition) is 2. The van der Waals surface area contributed by atoms with Crippen molar-refractivity contribution in [2.24, 2.45) is 45.3 Å². The van der Waals surface area contributed by atoms with E-state index in [4.69, 9.17) is 0 Å². The van der Waals surface area contributed by atoms with Gasteiger partial charge in [-0.1, -0.05) is 61.9 Å². The molecule has 3 nitrogen and oxygen atoms in total. The Morgan fingerprint density at radius 3 is 2.24 bits per heavy atom. The van der Waals surface area contributed by atoms with Gasteiger partial charge in [0.1, 0.15) is 0 Å². The third-order valence-corrected chi connectivity index (χ3v) is 14.3. The fourth-order valence-electron chi connectivity index (χ4n) is 9.85. The predicted molar refractivity (Wildman–Crippen MR) is 149 cm³/mol. The Morgan fingerprint density at radius 1 is 0.909 bits per heavy atom. The number of carbonyl (C=O) groups is 1. The zero-order valence-electron chi connectivity index (χ0n) is 21.0. The van der Waals surface area contributed by atoms with Gasteiger partial charge in [-0.15, -0.1) is 0 Å². The highest BCUT2D eigenvalue weighted by Crippen LogP contribution is 2.71. The van der Waals surface area contributed by atoms with Crippen molar-refractivity contribution in [3.05, 3.63) is 11.6 Å². The number of aliphatic hydroxyl groups is 2. The third kappa shape index (κ3) is 3.46. The summed E-state index contributed by atoms with van der Waals surface area (Å²) >= 11 is 4.61. The molecule has 2 N–H and O–H groups in total. The van der Waals surface area contributed by atoms with Gasteiger partial charge in [0.2, 0.25) is 0 Å². The average molecular weight is 680 g/mol. The second-order valence-electron chi connectivity index (χ2n) is 13.8. The number of fused-ring (bicyclic) bond motifs is 7. The van der Waals surface area contributed by atoms with E-state index in [0.717, 1.165) is 57.8 Å². The Labute approximate surface area is 227 Å². The van der Waals surface area contributed by atoms with Crippen molar-refractivity contribution in [3.8, 4) is 0 Å². The monoisotopic (exact) mass is 680 g/mol. The summed E-state index contributed by atoms with van der Waals surface area (Å²) in [5.74, 6) is 1.35. The zero-order chi connectivity index (χ0) is 24.2. The van der Waals surface area contributed by atoms with E-state index in [0.29, 0.717) is 15.6 Å². The lowest BCUT2D eigenvalue weighted by Crippen LogP contribution is -2.63. The van der Waals surface area contributed by atoms with E-state index in [2.05, 4.69) is 85.9 Å². The molecule has 0 radical (unpaired) electrons. The molecule has 0 aromatic heterocycles. The van der Waals surface area contributed by atoms with E-state index < -0.39 is 6.10 Å². The molecule has 4 fully saturated rings. The first-order valence-electron chi connectivity index (χ1n) is 13.2. The highest BCUT2D eigenvalue weighted by molar-refractivity contribution is 14.1. The molecule has 0 amide bonds. The zero-order valence-corrected chi connectivity index (χ0v) is 25.3. The fraction of sp³-hybridized carbons (Fsp3) is 0.893. The second-order valence-corrected chi connectivity index (χ2v) is 17.1. The molecule has 0 spiro atoms. The molecule has 0 saturated heterocycles. The molecule has 5 rings (SSSR count). The van der Waals surface area contributed by atoms with Crippen LogP contribution < -0.4 is 0 Å². The van der Waals surface area contributed by atoms with Gasteiger partial charge in [-0.2, -0.15) is 0 Å². The van der Waals surface area contributed by atoms with Crippen LogP contribution >= 0.6 is 45.2 Å². The van der Waals surface area contributed by atoms with Crippen molar-refractivity contribution in [1.29, 1.82) is 0 Å². The lowest BCUT2D eigenvalue weighted by Gasteiger charge is -2.67. The first-order chi connectivity index (χ1) is 15.2. The number of aliphatic hydroxyl groups excluding tert-OH is 2. The molecule has 0 bridgehead atoms. The summed E-state index contributed by atoms with van der Waals surface area (Å²) in [6.45, 7) is 11.9. The van der Waals surface area contributed by atoms with Crippen LogP contribution in [0, 0.1) is 45.3 Å². The molecule has 10 unspecified atom stereocenters. The standard InChI is InChI=1S/C28H42I2O3/c1-24(2)12-13-28(23(29)33)11-6-16-22(17(28)15-24)18(31)14-20-25(16,3)9-7-19-26(20,4)10-8-21(32)27(19,5)30/h14,16-19,21-22,31-32H,6-13,15H2,1-5H3. The molecule has 5 heteroatoms. The topological polar surface area (TPSA) is 57.5 Å². The molecule has 5 aliphatic rings. The maximum Gasteiger partial charge on any atom is 0.198 e. The number of alkyl halides is 1. The van der Waals surface area contributed by atoms with Crippen LogP contribution in [0.5, 0.6) is 0 Å². The molecular weight excluding hydrogens is 638 g/mol. The van der Waals surface area contributed by atoms with Crippen LogP contribution in [0.15, 0.2) is 11.6 Å². The van der Waals surface area contributed by atoms with Gasteiger partial charge in [-0.05, 0) is 105 Å². The highest BCUT2D eigenvalue weighted by Gasteiger charge is 2.66. The van der Waals surface area contributed by atoms with Gasteiger partial charge in [0.15, 0.2) is 3.79 Å². The van der Waals surface area contributed by atoms with Gasteiger partial charge in [-0.3, -0.25) is 4.79 Å². The fourth-order valence-corrected chi connectivity index (χ4v) is 12.1. The van der Waals surface area contributed by atoms with Gasteiger partial charge in [0, 0.05) is 31.4 Å². The van der Waals surface area contributed by atoms with Crippen molar-refractivity contribution < 1.29 is 15.0 Å². The number of hydrogen-bond acceptors (Lipinski definition) is 3. The van der Waals surface area contributed by atoms with E-state index >= 15 is 0 Å². The molecule has 33 heavy (non-hydrogen) atoms. The number of rotatable bonds is 1. The molecular formula is C28H42I2O3. The maximum absolute atomic E-state index is 13.1. The highest BCUT2D eigenvalue weighted by atomic mass is 127. The minimum Gasteiger partial charge on any atom is -0.392 e. The van der Waals surface area contributed by atoms with Crippen LogP contribution in [0.1, 0.15) is 92.4 Å². The Balaban J connectivity index is 1.59. The average Bonchev–Trinajstić information content (AvgIpc) is 2.71. The molecule has 0 heterocycles. The quantitative estimate of drug-likeness (QED) is 0.138. The summed E-state index contributed by atoms with van der Waals surface area (Å²) in [5.41, 5.74) is 1.60.